The maximum absolute atomic E-state index is 6.57. The summed E-state index contributed by atoms with van der Waals surface area (Å²) in [6.07, 6.45) is 6.57. The first-order valence-corrected chi connectivity index (χ1v) is 13.6. The Morgan fingerprint density at radius 2 is 0.236 bits per heavy atom. The van der Waals surface area contributed by atoms with Gasteiger partial charge < -0.3 is 6.42 Å². The second-order valence-electron chi connectivity index (χ2n) is 6.68. The van der Waals surface area contributed by atoms with Crippen LogP contribution in [-0.2, 0) is 0 Å². The van der Waals surface area contributed by atoms with Gasteiger partial charge in [0.2, 0.25) is 0 Å². The molecule has 0 aliphatic rings. The number of rotatable bonds is 0. The molecule has 0 unspecified atom stereocenters. The standard InChI is InChI=1S/C55H2/c1-3-5-7-9-11-13-15-17-19-21-23-25-27-29-31-33-35-37-39-41-43-45-47-49-51-53-55-54-52-50-48-46-44-42-40-38-36-34-32-30-28-26-24-22-20-18-16-14-12-10-8-6-4-2/h1H2/q-2. The van der Waals surface area contributed by atoms with Gasteiger partial charge in [-0.05, 0) is 94.7 Å². The van der Waals surface area contributed by atoms with Crippen LogP contribution >= 0.6 is 0 Å². The second kappa shape index (κ2) is 42.0. The van der Waals surface area contributed by atoms with E-state index in [1.54, 1.807) is 0 Å². The van der Waals surface area contributed by atoms with Crippen molar-refractivity contribution in [3.8, 4) is 314 Å². The largest absolute Gasteiger partial charge is 0.358 e. The summed E-state index contributed by atoms with van der Waals surface area (Å²) in [6, 6.07) is 0. The van der Waals surface area contributed by atoms with E-state index in [9.17, 15) is 0 Å². The summed E-state index contributed by atoms with van der Waals surface area (Å²) < 4.78 is 0. The van der Waals surface area contributed by atoms with E-state index in [2.05, 4.69) is 315 Å². The molecule has 0 bridgehead atoms. The van der Waals surface area contributed by atoms with Crippen molar-refractivity contribution >= 4 is 0 Å². The Kier molecular flexibility index (Phi) is 32.8. The van der Waals surface area contributed by atoms with Gasteiger partial charge in [0, 0.05) is 184 Å². The highest BCUT2D eigenvalue weighted by molar-refractivity contribution is 5.51. The third-order valence-electron chi connectivity index (χ3n) is 3.28. The van der Waals surface area contributed by atoms with Gasteiger partial charge in [0.25, 0.3) is 0 Å². The van der Waals surface area contributed by atoms with Crippen LogP contribution < -0.4 is 0 Å². The number of hydrogen-bond donors (Lipinski definition) is 0. The minimum absolute atomic E-state index is 1.87. The van der Waals surface area contributed by atoms with Crippen LogP contribution in [0.25, 0.3) is 0 Å². The van der Waals surface area contributed by atoms with Crippen molar-refractivity contribution in [2.45, 2.75) is 0 Å². The van der Waals surface area contributed by atoms with Crippen LogP contribution in [-0.4, -0.2) is 0 Å². The predicted octanol–water partition coefficient (Wildman–Crippen LogP) is 0.499. The van der Waals surface area contributed by atoms with E-state index in [0.717, 1.165) is 0 Å². The van der Waals surface area contributed by atoms with Crippen molar-refractivity contribution in [1.82, 2.24) is 0 Å². The molecule has 0 N–H and O–H groups in total. The molecule has 0 rings (SSSR count). The fourth-order valence-electron chi connectivity index (χ4n) is 1.61. The van der Waals surface area contributed by atoms with Gasteiger partial charge in [-0.15, -0.1) is 11.8 Å². The van der Waals surface area contributed by atoms with Crippen LogP contribution in [0, 0.1) is 327 Å². The topological polar surface area (TPSA) is 0 Å². The van der Waals surface area contributed by atoms with Crippen molar-refractivity contribution in [3.63, 3.8) is 0 Å². The molecule has 0 atom stereocenters. The Morgan fingerprint density at radius 3 is 0.327 bits per heavy atom. The minimum atomic E-state index is 1.87. The van der Waals surface area contributed by atoms with E-state index in [4.69, 9.17) is 6.42 Å². The summed E-state index contributed by atoms with van der Waals surface area (Å²) >= 11 is 0. The average Bonchev–Trinajstić information content (AvgIpc) is 3.20. The lowest BCUT2D eigenvalue weighted by atomic mass is 10.4. The lowest BCUT2D eigenvalue weighted by molar-refractivity contribution is 2.31. The van der Waals surface area contributed by atoms with E-state index in [1.165, 1.54) is 0 Å². The molecule has 0 radical (unpaired) electrons. The van der Waals surface area contributed by atoms with E-state index in [-0.39, 0.29) is 0 Å². The smallest absolute Gasteiger partial charge is 0 e. The molecule has 0 nitrogen and oxygen atoms in total. The Bertz CT molecular complexity index is 3410. The first-order chi connectivity index (χ1) is 27.4. The fourth-order valence-corrected chi connectivity index (χ4v) is 1.61. The molecule has 0 aromatic carbocycles. The zero-order chi connectivity index (χ0) is 39.5. The molecule has 0 aliphatic heterocycles. The van der Waals surface area contributed by atoms with E-state index >= 15 is 0 Å². The van der Waals surface area contributed by atoms with Gasteiger partial charge in [-0.2, -0.15) is 6.92 Å². The molecule has 55 heavy (non-hydrogen) atoms. The highest BCUT2D eigenvalue weighted by Gasteiger charge is 1.62. The summed E-state index contributed by atoms with van der Waals surface area (Å²) in [7, 11) is 0. The third-order valence-corrected chi connectivity index (χ3v) is 3.28. The molecule has 0 aromatic heterocycles. The van der Waals surface area contributed by atoms with Gasteiger partial charge in [-0.1, -0.05) is 0 Å². The van der Waals surface area contributed by atoms with Crippen LogP contribution in [0.1, 0.15) is 0 Å². The molecule has 0 aliphatic carbocycles. The molecule has 0 saturated carbocycles. The van der Waals surface area contributed by atoms with E-state index in [1.807, 2.05) is 5.92 Å². The summed E-state index contributed by atoms with van der Waals surface area (Å²) in [5.41, 5.74) is 0. The van der Waals surface area contributed by atoms with Crippen molar-refractivity contribution in [3.05, 3.63) is 13.3 Å². The van der Waals surface area contributed by atoms with E-state index < -0.39 is 0 Å². The van der Waals surface area contributed by atoms with Crippen molar-refractivity contribution in [2.75, 3.05) is 0 Å². The van der Waals surface area contributed by atoms with Crippen LogP contribution in [0.2, 0.25) is 0 Å². The Morgan fingerprint density at radius 1 is 0.145 bits per heavy atom. The molecule has 0 fully saturated rings. The fraction of sp³-hybridized carbons (Fsp3) is 0. The third kappa shape index (κ3) is 42.0. The van der Waals surface area contributed by atoms with Gasteiger partial charge in [0.1, 0.15) is 0 Å². The molecule has 0 amide bonds. The molecule has 0 heterocycles. The summed E-state index contributed by atoms with van der Waals surface area (Å²) in [5.74, 6) is 131. The van der Waals surface area contributed by atoms with Gasteiger partial charge in [-0.3, -0.25) is 11.8 Å². The first-order valence-electron chi connectivity index (χ1n) is 13.6. The lowest BCUT2D eigenvalue weighted by Crippen LogP contribution is -1.57. The zero-order valence-electron chi connectivity index (χ0n) is 27.7. The van der Waals surface area contributed by atoms with Crippen molar-refractivity contribution in [1.29, 1.82) is 0 Å². The van der Waals surface area contributed by atoms with Crippen LogP contribution in [0.4, 0.5) is 0 Å². The van der Waals surface area contributed by atoms with Crippen molar-refractivity contribution < 1.29 is 0 Å². The minimum Gasteiger partial charge on any atom is -0.358 e. The highest BCUT2D eigenvalue weighted by atomic mass is 13.6. The quantitative estimate of drug-likeness (QED) is 0.262. The molecule has 0 heteroatoms. The summed E-state index contributed by atoms with van der Waals surface area (Å²) in [4.78, 5) is 0. The SMILES string of the molecule is [C-]#CC#CC#CC#CC#CC#CC#CC#CC#CC#CC#CC#CC#CC#CC#CC#CC#CC#CC#CC#CC#CC#CC#CC#CC#CC#CC#C[CH2-]. The predicted molar refractivity (Wildman–Crippen MR) is 215 cm³/mol. The van der Waals surface area contributed by atoms with Gasteiger partial charge in [-0.25, -0.2) is 11.8 Å². The average molecular weight is 663 g/mol. The van der Waals surface area contributed by atoms with Gasteiger partial charge in [0.15, 0.2) is 0 Å². The first kappa shape index (κ1) is 43.0. The van der Waals surface area contributed by atoms with Gasteiger partial charge >= 0.3 is 0 Å². The molecule has 224 valence electrons. The molecule has 0 spiro atoms. The normalized spacial score (nSPS) is 3.91. The van der Waals surface area contributed by atoms with Crippen LogP contribution in [0.15, 0.2) is 0 Å². The maximum Gasteiger partial charge on any atom is 0 e. The zero-order valence-corrected chi connectivity index (χ0v) is 27.7. The number of hydrogen-bond acceptors (Lipinski definition) is 0. The lowest BCUT2D eigenvalue weighted by Gasteiger charge is -1.64. The Hall–Kier alpha value is -12.0. The molecule has 0 aromatic rings. The Balaban J connectivity index is 4.57. The van der Waals surface area contributed by atoms with Crippen LogP contribution in [0.3, 0.4) is 0 Å². The Labute approximate surface area is 325 Å². The summed E-state index contributed by atoms with van der Waals surface area (Å²) in [6.45, 7) is 3.31. The van der Waals surface area contributed by atoms with Crippen molar-refractivity contribution in [2.24, 2.45) is 0 Å². The molecule has 0 saturated heterocycles. The maximum atomic E-state index is 6.57. The molecular formula is C55H2-2. The van der Waals surface area contributed by atoms with Crippen LogP contribution in [0.5, 0.6) is 0 Å². The monoisotopic (exact) mass is 662 g/mol. The second-order valence-corrected chi connectivity index (χ2v) is 6.68. The van der Waals surface area contributed by atoms with E-state index in [0.29, 0.717) is 0 Å². The highest BCUT2D eigenvalue weighted by Crippen LogP contribution is 1.62. The van der Waals surface area contributed by atoms with Gasteiger partial charge in [0.05, 0.1) is 0 Å². The molecular weight excluding hydrogens is 661 g/mol. The summed E-state index contributed by atoms with van der Waals surface area (Å²) in [5, 5.41) is 0.